The van der Waals surface area contributed by atoms with E-state index in [1.807, 2.05) is 60.7 Å². The van der Waals surface area contributed by atoms with Crippen molar-refractivity contribution in [3.63, 3.8) is 0 Å². The number of para-hydroxylation sites is 1. The van der Waals surface area contributed by atoms with E-state index in [9.17, 15) is 9.90 Å². The third-order valence-corrected chi connectivity index (χ3v) is 4.35. The number of benzene rings is 3. The molecule has 1 atom stereocenters. The Morgan fingerprint density at radius 1 is 0.909 bits per heavy atom. The van der Waals surface area contributed by atoms with Crippen molar-refractivity contribution in [2.75, 3.05) is 5.32 Å². The molecule has 3 aromatic rings. The molecule has 0 saturated carbocycles. The normalized spacial score (nSPS) is 20.0. The van der Waals surface area contributed by atoms with E-state index in [2.05, 4.69) is 5.32 Å². The molecule has 0 spiro atoms. The Hall–Kier alpha value is -2.65. The molecule has 108 valence electrons. The van der Waals surface area contributed by atoms with Crippen molar-refractivity contribution in [1.29, 1.82) is 0 Å². The Balaban J connectivity index is 2.09. The second-order valence-electron chi connectivity index (χ2n) is 5.82. The molecule has 0 saturated heterocycles. The Labute approximate surface area is 128 Å². The first kappa shape index (κ1) is 13.0. The topological polar surface area (TPSA) is 49.3 Å². The average molecular weight is 289 g/mol. The van der Waals surface area contributed by atoms with Crippen LogP contribution in [-0.2, 0) is 5.60 Å². The van der Waals surface area contributed by atoms with Gasteiger partial charge in [0.1, 0.15) is 5.60 Å². The molecule has 0 bridgehead atoms. The van der Waals surface area contributed by atoms with Crippen LogP contribution in [0.3, 0.4) is 0 Å². The van der Waals surface area contributed by atoms with Crippen molar-refractivity contribution in [2.45, 2.75) is 12.5 Å². The molecule has 0 fully saturated rings. The Morgan fingerprint density at radius 3 is 2.32 bits per heavy atom. The number of hydrogen-bond acceptors (Lipinski definition) is 2. The van der Waals surface area contributed by atoms with Crippen molar-refractivity contribution in [3.8, 4) is 0 Å². The highest BCUT2D eigenvalue weighted by Crippen LogP contribution is 2.40. The van der Waals surface area contributed by atoms with Crippen LogP contribution >= 0.6 is 0 Å². The fourth-order valence-corrected chi connectivity index (χ4v) is 3.18. The molecule has 3 heteroatoms. The highest BCUT2D eigenvalue weighted by molar-refractivity contribution is 6.09. The minimum atomic E-state index is -1.23. The predicted octanol–water partition coefficient (Wildman–Crippen LogP) is 3.66. The average Bonchev–Trinajstić information content (AvgIpc) is 2.60. The number of aliphatic hydroxyl groups is 1. The molecule has 1 aliphatic heterocycles. The van der Waals surface area contributed by atoms with Crippen molar-refractivity contribution < 1.29 is 9.90 Å². The predicted molar refractivity (Wildman–Crippen MR) is 87.0 cm³/mol. The van der Waals surface area contributed by atoms with Crippen LogP contribution in [0.4, 0.5) is 5.69 Å². The Kier molecular flexibility index (Phi) is 2.62. The van der Waals surface area contributed by atoms with Crippen molar-refractivity contribution in [3.05, 3.63) is 77.4 Å². The van der Waals surface area contributed by atoms with Crippen molar-refractivity contribution in [2.24, 2.45) is 0 Å². The van der Waals surface area contributed by atoms with E-state index in [1.165, 1.54) is 0 Å². The highest BCUT2D eigenvalue weighted by Gasteiger charge is 2.35. The van der Waals surface area contributed by atoms with Gasteiger partial charge in [-0.3, -0.25) is 4.79 Å². The van der Waals surface area contributed by atoms with Gasteiger partial charge in [-0.15, -0.1) is 0 Å². The minimum Gasteiger partial charge on any atom is -0.381 e. The van der Waals surface area contributed by atoms with Gasteiger partial charge in [-0.25, -0.2) is 0 Å². The molecule has 0 radical (unpaired) electrons. The quantitative estimate of drug-likeness (QED) is 0.663. The summed E-state index contributed by atoms with van der Waals surface area (Å²) < 4.78 is 0. The van der Waals surface area contributed by atoms with Crippen LogP contribution in [0.5, 0.6) is 0 Å². The van der Waals surface area contributed by atoms with Gasteiger partial charge in [0, 0.05) is 22.4 Å². The second-order valence-corrected chi connectivity index (χ2v) is 5.82. The van der Waals surface area contributed by atoms with Gasteiger partial charge in [-0.2, -0.15) is 0 Å². The molecule has 3 aromatic carbocycles. The monoisotopic (exact) mass is 289 g/mol. The molecular formula is C19H15NO2. The van der Waals surface area contributed by atoms with Crippen LogP contribution in [-0.4, -0.2) is 11.0 Å². The maximum atomic E-state index is 12.6. The van der Waals surface area contributed by atoms with Gasteiger partial charge in [0.15, 0.2) is 0 Å². The number of rotatable bonds is 0. The third-order valence-electron chi connectivity index (χ3n) is 4.35. The van der Waals surface area contributed by atoms with Crippen molar-refractivity contribution >= 4 is 22.4 Å². The van der Waals surface area contributed by atoms with E-state index in [-0.39, 0.29) is 5.91 Å². The molecule has 1 unspecified atom stereocenters. The highest BCUT2D eigenvalue weighted by atomic mass is 16.3. The zero-order valence-corrected chi connectivity index (χ0v) is 12.1. The fourth-order valence-electron chi connectivity index (χ4n) is 3.18. The number of hydrogen-bond donors (Lipinski definition) is 2. The molecule has 22 heavy (non-hydrogen) atoms. The molecule has 1 heterocycles. The van der Waals surface area contributed by atoms with E-state index in [0.717, 1.165) is 10.8 Å². The summed E-state index contributed by atoms with van der Waals surface area (Å²) >= 11 is 0. The standard InChI is InChI=1S/C19H15NO2/c1-19(22)15-8-4-5-9-17(15)20-18(21)14-10-12-6-2-3-7-13(12)11-16(14)19/h2-11,22H,1H3,(H,20,21). The molecule has 1 aliphatic rings. The van der Waals surface area contributed by atoms with Crippen LogP contribution < -0.4 is 5.32 Å². The van der Waals surface area contributed by atoms with E-state index < -0.39 is 5.60 Å². The summed E-state index contributed by atoms with van der Waals surface area (Å²) in [7, 11) is 0. The zero-order chi connectivity index (χ0) is 15.3. The minimum absolute atomic E-state index is 0.189. The third kappa shape index (κ3) is 1.76. The summed E-state index contributed by atoms with van der Waals surface area (Å²) in [5.74, 6) is -0.189. The first-order chi connectivity index (χ1) is 10.6. The lowest BCUT2D eigenvalue weighted by molar-refractivity contribution is 0.0969. The zero-order valence-electron chi connectivity index (χ0n) is 12.1. The smallest absolute Gasteiger partial charge is 0.256 e. The number of fused-ring (bicyclic) bond motifs is 3. The van der Waals surface area contributed by atoms with E-state index in [4.69, 9.17) is 0 Å². The lowest BCUT2D eigenvalue weighted by atomic mass is 9.84. The van der Waals surface area contributed by atoms with Crippen LogP contribution in [0, 0.1) is 0 Å². The molecule has 4 rings (SSSR count). The van der Waals surface area contributed by atoms with E-state index in [1.54, 1.807) is 6.92 Å². The summed E-state index contributed by atoms with van der Waals surface area (Å²) in [5.41, 5.74) is 1.28. The molecule has 1 amide bonds. The van der Waals surface area contributed by atoms with E-state index in [0.29, 0.717) is 22.4 Å². The SMILES string of the molecule is CC1(O)c2ccccc2NC(=O)c2cc3ccccc3cc21. The van der Waals surface area contributed by atoms with Gasteiger partial charge in [0.05, 0.1) is 0 Å². The van der Waals surface area contributed by atoms with Crippen LogP contribution in [0.2, 0.25) is 0 Å². The Morgan fingerprint density at radius 2 is 1.55 bits per heavy atom. The summed E-state index contributed by atoms with van der Waals surface area (Å²) in [6.45, 7) is 1.74. The first-order valence-corrected chi connectivity index (χ1v) is 7.24. The molecule has 2 N–H and O–H groups in total. The maximum Gasteiger partial charge on any atom is 0.256 e. The van der Waals surface area contributed by atoms with Gasteiger partial charge in [-0.1, -0.05) is 42.5 Å². The molecular weight excluding hydrogens is 274 g/mol. The lowest BCUT2D eigenvalue weighted by Crippen LogP contribution is -2.24. The Bertz CT molecular complexity index is 912. The van der Waals surface area contributed by atoms with Crippen LogP contribution in [0.15, 0.2) is 60.7 Å². The number of anilines is 1. The van der Waals surface area contributed by atoms with Crippen LogP contribution in [0.1, 0.15) is 28.4 Å². The first-order valence-electron chi connectivity index (χ1n) is 7.24. The summed E-state index contributed by atoms with van der Waals surface area (Å²) in [6, 6.07) is 19.0. The van der Waals surface area contributed by atoms with Crippen LogP contribution in [0.25, 0.3) is 10.8 Å². The van der Waals surface area contributed by atoms with E-state index >= 15 is 0 Å². The fraction of sp³-hybridized carbons (Fsp3) is 0.105. The van der Waals surface area contributed by atoms with Gasteiger partial charge in [0.2, 0.25) is 0 Å². The number of carbonyl (C=O) groups excluding carboxylic acids is 1. The largest absolute Gasteiger partial charge is 0.381 e. The number of nitrogens with one attached hydrogen (secondary N) is 1. The van der Waals surface area contributed by atoms with Gasteiger partial charge in [-0.05, 0) is 35.9 Å². The summed E-state index contributed by atoms with van der Waals surface area (Å²) in [5, 5.41) is 16.0. The lowest BCUT2D eigenvalue weighted by Gasteiger charge is -2.25. The molecule has 3 nitrogen and oxygen atoms in total. The molecule has 0 aliphatic carbocycles. The maximum absolute atomic E-state index is 12.6. The second kappa shape index (κ2) is 4.42. The summed E-state index contributed by atoms with van der Waals surface area (Å²) in [6.07, 6.45) is 0. The van der Waals surface area contributed by atoms with Gasteiger partial charge >= 0.3 is 0 Å². The van der Waals surface area contributed by atoms with Crippen molar-refractivity contribution in [1.82, 2.24) is 0 Å². The van der Waals surface area contributed by atoms with Gasteiger partial charge in [0.25, 0.3) is 5.91 Å². The van der Waals surface area contributed by atoms with Gasteiger partial charge < -0.3 is 10.4 Å². The molecule has 0 aromatic heterocycles. The number of carbonyl (C=O) groups is 1. The summed E-state index contributed by atoms with van der Waals surface area (Å²) in [4.78, 5) is 12.6. The number of amides is 1.